The number of nitrogens with zero attached hydrogens (tertiary/aromatic N) is 2. The predicted molar refractivity (Wildman–Crippen MR) is 141 cm³/mol. The van der Waals surface area contributed by atoms with Crippen LogP contribution < -0.4 is 8.92 Å². The lowest BCUT2D eigenvalue weighted by atomic mass is 10.1. The second-order valence-corrected chi connectivity index (χ2v) is 10.9. The number of nitro groups is 1. The van der Waals surface area contributed by atoms with Gasteiger partial charge in [-0.2, -0.15) is 8.42 Å². The average molecular weight is 555 g/mol. The molecule has 196 valence electrons. The lowest BCUT2D eigenvalue weighted by molar-refractivity contribution is -0.385. The summed E-state index contributed by atoms with van der Waals surface area (Å²) in [6, 6.07) is 15.2. The molecule has 1 heterocycles. The number of benzene rings is 3. The average Bonchev–Trinajstić information content (AvgIpc) is 3.13. The van der Waals surface area contributed by atoms with Crippen LogP contribution in [0.2, 0.25) is 0 Å². The van der Waals surface area contributed by atoms with E-state index in [4.69, 9.17) is 8.92 Å². The summed E-state index contributed by atoms with van der Waals surface area (Å²) in [6.07, 6.45) is 1.51. The number of thioether (sulfide) groups is 1. The summed E-state index contributed by atoms with van der Waals surface area (Å²) < 4.78 is 36.1. The molecule has 1 aliphatic heterocycles. The maximum absolute atomic E-state index is 12.9. The van der Waals surface area contributed by atoms with Gasteiger partial charge in [-0.1, -0.05) is 36.4 Å². The maximum Gasteiger partial charge on any atom is 0.339 e. The van der Waals surface area contributed by atoms with Crippen molar-refractivity contribution in [3.05, 3.63) is 97.9 Å². The number of imide groups is 1. The van der Waals surface area contributed by atoms with E-state index in [1.807, 2.05) is 31.2 Å². The van der Waals surface area contributed by atoms with Gasteiger partial charge in [-0.05, 0) is 66.6 Å². The molecular weight excluding hydrogens is 532 g/mol. The number of carbonyl (C=O) groups excluding carboxylic acids is 2. The van der Waals surface area contributed by atoms with Gasteiger partial charge in [0.25, 0.3) is 16.8 Å². The molecule has 4 rings (SSSR count). The van der Waals surface area contributed by atoms with Crippen LogP contribution in [0.5, 0.6) is 11.5 Å². The summed E-state index contributed by atoms with van der Waals surface area (Å²) in [5.74, 6) is -0.547. The van der Waals surface area contributed by atoms with Crippen molar-refractivity contribution in [3.63, 3.8) is 0 Å². The zero-order valence-corrected chi connectivity index (χ0v) is 22.2. The van der Waals surface area contributed by atoms with E-state index < -0.39 is 26.2 Å². The minimum Gasteiger partial charge on any atom is -0.493 e. The van der Waals surface area contributed by atoms with E-state index in [1.54, 1.807) is 0 Å². The SMILES string of the molecule is COc1cc(/C=C2\SC(=O)N(Cc3ccccc3C)C2=O)ccc1OS(=O)(=O)c1ccc(C)c([N+](=O)[O-])c1. The molecule has 1 saturated heterocycles. The molecule has 0 radical (unpaired) electrons. The van der Waals surface area contributed by atoms with Gasteiger partial charge in [0.1, 0.15) is 4.90 Å². The molecule has 0 aliphatic carbocycles. The van der Waals surface area contributed by atoms with Gasteiger partial charge in [-0.15, -0.1) is 0 Å². The molecule has 0 bridgehead atoms. The first kappa shape index (κ1) is 26.9. The molecule has 0 unspecified atom stereocenters. The molecule has 0 spiro atoms. The van der Waals surface area contributed by atoms with Crippen LogP contribution in [0, 0.1) is 24.0 Å². The fraction of sp³-hybridized carbons (Fsp3) is 0.154. The van der Waals surface area contributed by atoms with Crippen molar-refractivity contribution in [1.29, 1.82) is 0 Å². The fourth-order valence-corrected chi connectivity index (χ4v) is 5.50. The first-order valence-corrected chi connectivity index (χ1v) is 13.4. The summed E-state index contributed by atoms with van der Waals surface area (Å²) in [6.45, 7) is 3.55. The first-order valence-electron chi connectivity index (χ1n) is 11.2. The molecule has 0 atom stereocenters. The highest BCUT2D eigenvalue weighted by Crippen LogP contribution is 2.36. The molecule has 0 saturated carbocycles. The smallest absolute Gasteiger partial charge is 0.339 e. The number of hydrogen-bond donors (Lipinski definition) is 0. The lowest BCUT2D eigenvalue weighted by Gasteiger charge is -2.14. The molecule has 3 aromatic carbocycles. The Kier molecular flexibility index (Phi) is 7.56. The topological polar surface area (TPSA) is 133 Å². The van der Waals surface area contributed by atoms with Crippen molar-refractivity contribution in [3.8, 4) is 11.5 Å². The van der Waals surface area contributed by atoms with E-state index in [-0.39, 0.29) is 33.5 Å². The summed E-state index contributed by atoms with van der Waals surface area (Å²) >= 11 is 0.807. The number of rotatable bonds is 8. The van der Waals surface area contributed by atoms with Crippen molar-refractivity contribution in [2.75, 3.05) is 7.11 Å². The van der Waals surface area contributed by atoms with Crippen molar-refractivity contribution in [1.82, 2.24) is 4.90 Å². The second-order valence-electron chi connectivity index (χ2n) is 8.35. The van der Waals surface area contributed by atoms with Crippen molar-refractivity contribution in [2.45, 2.75) is 25.3 Å². The van der Waals surface area contributed by atoms with E-state index in [0.29, 0.717) is 11.1 Å². The Bertz CT molecular complexity index is 1600. The van der Waals surface area contributed by atoms with E-state index in [1.165, 1.54) is 55.3 Å². The monoisotopic (exact) mass is 554 g/mol. The Morgan fingerprint density at radius 1 is 1.00 bits per heavy atom. The first-order chi connectivity index (χ1) is 18.0. The van der Waals surface area contributed by atoms with Gasteiger partial charge in [0, 0.05) is 11.6 Å². The summed E-state index contributed by atoms with van der Waals surface area (Å²) in [5, 5.41) is 10.8. The molecule has 0 N–H and O–H groups in total. The summed E-state index contributed by atoms with van der Waals surface area (Å²) in [5.41, 5.74) is 2.25. The van der Waals surface area contributed by atoms with E-state index in [2.05, 4.69) is 0 Å². The third kappa shape index (κ3) is 5.55. The van der Waals surface area contributed by atoms with Crippen LogP contribution >= 0.6 is 11.8 Å². The van der Waals surface area contributed by atoms with Crippen LogP contribution in [0.1, 0.15) is 22.3 Å². The summed E-state index contributed by atoms with van der Waals surface area (Å²) in [7, 11) is -3.11. The van der Waals surface area contributed by atoms with Crippen LogP contribution in [0.4, 0.5) is 10.5 Å². The van der Waals surface area contributed by atoms with Gasteiger partial charge in [0.05, 0.1) is 23.5 Å². The Labute approximate surface area is 223 Å². The second kappa shape index (κ2) is 10.7. The largest absolute Gasteiger partial charge is 0.493 e. The number of carbonyl (C=O) groups is 2. The Morgan fingerprint density at radius 3 is 2.42 bits per heavy atom. The Hall–Kier alpha value is -4.16. The summed E-state index contributed by atoms with van der Waals surface area (Å²) in [4.78, 5) is 37.0. The van der Waals surface area contributed by atoms with E-state index >= 15 is 0 Å². The van der Waals surface area contributed by atoms with Gasteiger partial charge >= 0.3 is 10.1 Å². The number of nitro benzene ring substituents is 1. The Morgan fingerprint density at radius 2 is 1.74 bits per heavy atom. The molecule has 1 aliphatic rings. The Balaban J connectivity index is 1.57. The zero-order chi connectivity index (χ0) is 27.6. The number of hydrogen-bond acceptors (Lipinski definition) is 9. The number of aryl methyl sites for hydroxylation is 2. The molecule has 10 nitrogen and oxygen atoms in total. The minimum atomic E-state index is -4.42. The molecule has 0 aromatic heterocycles. The maximum atomic E-state index is 12.9. The number of amides is 2. The number of ether oxygens (including phenoxy) is 1. The fourth-order valence-electron chi connectivity index (χ4n) is 3.70. The quantitative estimate of drug-likeness (QED) is 0.159. The normalized spacial score (nSPS) is 14.7. The van der Waals surface area contributed by atoms with Crippen LogP contribution in [0.3, 0.4) is 0 Å². The molecule has 12 heteroatoms. The van der Waals surface area contributed by atoms with Crippen LogP contribution in [-0.2, 0) is 21.5 Å². The molecule has 38 heavy (non-hydrogen) atoms. The third-order valence-electron chi connectivity index (χ3n) is 5.81. The predicted octanol–water partition coefficient (Wildman–Crippen LogP) is 5.22. The highest BCUT2D eigenvalue weighted by Gasteiger charge is 2.35. The van der Waals surface area contributed by atoms with Gasteiger partial charge in [0.2, 0.25) is 0 Å². The lowest BCUT2D eigenvalue weighted by Crippen LogP contribution is -2.27. The third-order valence-corrected chi connectivity index (χ3v) is 7.95. The van der Waals surface area contributed by atoms with Crippen LogP contribution in [-0.4, -0.2) is 36.5 Å². The molecule has 2 amide bonds. The van der Waals surface area contributed by atoms with Crippen molar-refractivity contribution in [2.24, 2.45) is 0 Å². The number of methoxy groups -OCH3 is 1. The van der Waals surface area contributed by atoms with Crippen LogP contribution in [0.25, 0.3) is 6.08 Å². The minimum absolute atomic E-state index is 0.0445. The highest BCUT2D eigenvalue weighted by atomic mass is 32.2. The van der Waals surface area contributed by atoms with Crippen molar-refractivity contribution >= 4 is 44.8 Å². The zero-order valence-electron chi connectivity index (χ0n) is 20.5. The van der Waals surface area contributed by atoms with Crippen LogP contribution in [0.15, 0.2) is 70.5 Å². The van der Waals surface area contributed by atoms with Gasteiger partial charge in [-0.3, -0.25) is 24.6 Å². The van der Waals surface area contributed by atoms with Crippen molar-refractivity contribution < 1.29 is 31.9 Å². The van der Waals surface area contributed by atoms with Gasteiger partial charge in [0.15, 0.2) is 11.5 Å². The molecule has 3 aromatic rings. The standard InChI is InChI=1S/C26H22N2O8S2/c1-16-6-4-5-7-19(16)15-27-25(29)24(37-26(27)30)13-18-9-11-22(23(12-18)35-3)36-38(33,34)20-10-8-17(2)21(14-20)28(31)32/h4-14H,15H2,1-3H3/b24-13-. The molecular formula is C26H22N2O8S2. The van der Waals surface area contributed by atoms with Gasteiger partial charge < -0.3 is 8.92 Å². The van der Waals surface area contributed by atoms with E-state index in [9.17, 15) is 28.1 Å². The van der Waals surface area contributed by atoms with Gasteiger partial charge in [-0.25, -0.2) is 0 Å². The highest BCUT2D eigenvalue weighted by molar-refractivity contribution is 8.18. The molecule has 1 fully saturated rings. The van der Waals surface area contributed by atoms with E-state index in [0.717, 1.165) is 29.0 Å².